The first-order valence-electron chi connectivity index (χ1n) is 6.64. The molecule has 0 saturated carbocycles. The van der Waals surface area contributed by atoms with Crippen LogP contribution in [-0.4, -0.2) is 22.4 Å². The second-order valence-corrected chi connectivity index (χ2v) is 6.35. The molecule has 0 spiro atoms. The van der Waals surface area contributed by atoms with E-state index in [4.69, 9.17) is 11.6 Å². The molecule has 0 N–H and O–H groups in total. The first-order chi connectivity index (χ1) is 9.29. The lowest BCUT2D eigenvalue weighted by Crippen LogP contribution is -2.20. The van der Waals surface area contributed by atoms with Gasteiger partial charge in [0.15, 0.2) is 0 Å². The van der Waals surface area contributed by atoms with Crippen LogP contribution in [-0.2, 0) is 13.0 Å². The van der Waals surface area contributed by atoms with Crippen molar-refractivity contribution >= 4 is 23.1 Å². The van der Waals surface area contributed by atoms with E-state index in [1.165, 1.54) is 42.2 Å². The molecule has 1 aromatic heterocycles. The molecular weight excluding hydrogens is 276 g/mol. The van der Waals surface area contributed by atoms with Gasteiger partial charge in [0.2, 0.25) is 0 Å². The SMILES string of the molecule is Clc1ccc(CC2CCN(Cc3cnsc3)C2)cc1. The highest BCUT2D eigenvalue weighted by molar-refractivity contribution is 7.03. The number of hydrogen-bond acceptors (Lipinski definition) is 3. The molecule has 0 aliphatic carbocycles. The van der Waals surface area contributed by atoms with E-state index in [9.17, 15) is 0 Å². The summed E-state index contributed by atoms with van der Waals surface area (Å²) < 4.78 is 4.16. The van der Waals surface area contributed by atoms with Gasteiger partial charge in [-0.05, 0) is 60.1 Å². The van der Waals surface area contributed by atoms with Crippen LogP contribution in [0.3, 0.4) is 0 Å². The van der Waals surface area contributed by atoms with Gasteiger partial charge in [-0.1, -0.05) is 23.7 Å². The number of aromatic nitrogens is 1. The van der Waals surface area contributed by atoms with Crippen molar-refractivity contribution in [1.29, 1.82) is 0 Å². The van der Waals surface area contributed by atoms with Gasteiger partial charge in [0.05, 0.1) is 0 Å². The third kappa shape index (κ3) is 3.56. The molecule has 1 aliphatic heterocycles. The van der Waals surface area contributed by atoms with E-state index in [1.54, 1.807) is 0 Å². The van der Waals surface area contributed by atoms with Crippen LogP contribution in [0, 0.1) is 5.92 Å². The van der Waals surface area contributed by atoms with Crippen LogP contribution in [0.15, 0.2) is 35.8 Å². The lowest BCUT2D eigenvalue weighted by Gasteiger charge is -2.15. The monoisotopic (exact) mass is 292 g/mol. The molecule has 1 saturated heterocycles. The van der Waals surface area contributed by atoms with Gasteiger partial charge < -0.3 is 0 Å². The van der Waals surface area contributed by atoms with Crippen molar-refractivity contribution in [3.05, 3.63) is 52.0 Å². The first kappa shape index (κ1) is 13.1. The molecule has 3 rings (SSSR count). The third-order valence-corrected chi connectivity index (χ3v) is 4.58. The molecule has 1 fully saturated rings. The van der Waals surface area contributed by atoms with Gasteiger partial charge in [0.25, 0.3) is 0 Å². The molecule has 2 nitrogen and oxygen atoms in total. The maximum absolute atomic E-state index is 5.92. The quantitative estimate of drug-likeness (QED) is 0.851. The maximum atomic E-state index is 5.92. The van der Waals surface area contributed by atoms with Gasteiger partial charge in [-0.2, -0.15) is 0 Å². The fourth-order valence-corrected chi connectivity index (χ4v) is 3.39. The Morgan fingerprint density at radius 1 is 1.26 bits per heavy atom. The predicted molar refractivity (Wildman–Crippen MR) is 80.7 cm³/mol. The fraction of sp³-hybridized carbons (Fsp3) is 0.400. The van der Waals surface area contributed by atoms with Crippen molar-refractivity contribution < 1.29 is 0 Å². The van der Waals surface area contributed by atoms with Crippen LogP contribution in [0.25, 0.3) is 0 Å². The predicted octanol–water partition coefficient (Wildman–Crippen LogP) is 3.86. The largest absolute Gasteiger partial charge is 0.299 e. The number of hydrogen-bond donors (Lipinski definition) is 0. The molecule has 1 aromatic carbocycles. The van der Waals surface area contributed by atoms with Gasteiger partial charge in [-0.15, -0.1) is 0 Å². The van der Waals surface area contributed by atoms with Crippen LogP contribution >= 0.6 is 23.1 Å². The summed E-state index contributed by atoms with van der Waals surface area (Å²) in [6.07, 6.45) is 4.44. The van der Waals surface area contributed by atoms with Gasteiger partial charge in [-0.25, -0.2) is 4.37 Å². The molecule has 0 radical (unpaired) electrons. The van der Waals surface area contributed by atoms with Crippen LogP contribution in [0.4, 0.5) is 0 Å². The molecule has 1 unspecified atom stereocenters. The Morgan fingerprint density at radius 3 is 2.84 bits per heavy atom. The molecule has 100 valence electrons. The standard InChI is InChI=1S/C15H17ClN2S/c16-15-3-1-12(2-4-15)7-13-5-6-18(9-13)10-14-8-17-19-11-14/h1-4,8,11,13H,5-7,9-10H2. The van der Waals surface area contributed by atoms with Gasteiger partial charge >= 0.3 is 0 Å². The molecule has 2 heterocycles. The zero-order valence-corrected chi connectivity index (χ0v) is 12.3. The van der Waals surface area contributed by atoms with Crippen molar-refractivity contribution in [2.24, 2.45) is 5.92 Å². The van der Waals surface area contributed by atoms with Gasteiger partial charge in [-0.3, -0.25) is 4.90 Å². The Kier molecular flexibility index (Phi) is 4.16. The summed E-state index contributed by atoms with van der Waals surface area (Å²) in [5, 5.41) is 2.97. The zero-order valence-electron chi connectivity index (χ0n) is 10.8. The minimum atomic E-state index is 0.771. The molecular formula is C15H17ClN2S. The van der Waals surface area contributed by atoms with E-state index in [0.29, 0.717) is 0 Å². The highest BCUT2D eigenvalue weighted by atomic mass is 35.5. The Balaban J connectivity index is 1.53. The van der Waals surface area contributed by atoms with E-state index in [1.807, 2.05) is 18.3 Å². The van der Waals surface area contributed by atoms with Crippen LogP contribution in [0.2, 0.25) is 5.02 Å². The summed E-state index contributed by atoms with van der Waals surface area (Å²) in [7, 11) is 0. The van der Waals surface area contributed by atoms with E-state index in [0.717, 1.165) is 23.9 Å². The molecule has 19 heavy (non-hydrogen) atoms. The summed E-state index contributed by atoms with van der Waals surface area (Å²) in [5.41, 5.74) is 2.74. The highest BCUT2D eigenvalue weighted by Crippen LogP contribution is 2.23. The van der Waals surface area contributed by atoms with Gasteiger partial charge in [0.1, 0.15) is 0 Å². The smallest absolute Gasteiger partial charge is 0.0452 e. The van der Waals surface area contributed by atoms with E-state index in [-0.39, 0.29) is 0 Å². The van der Waals surface area contributed by atoms with E-state index in [2.05, 4.69) is 26.8 Å². The van der Waals surface area contributed by atoms with Crippen LogP contribution < -0.4 is 0 Å². The average molecular weight is 293 g/mol. The zero-order chi connectivity index (χ0) is 13.1. The normalized spacial score (nSPS) is 19.9. The van der Waals surface area contributed by atoms with Crippen molar-refractivity contribution in [1.82, 2.24) is 9.27 Å². The Morgan fingerprint density at radius 2 is 2.11 bits per heavy atom. The van der Waals surface area contributed by atoms with Crippen molar-refractivity contribution in [3.8, 4) is 0 Å². The van der Waals surface area contributed by atoms with E-state index >= 15 is 0 Å². The molecule has 0 bridgehead atoms. The molecule has 0 amide bonds. The fourth-order valence-electron chi connectivity index (χ4n) is 2.74. The van der Waals surface area contributed by atoms with Gasteiger partial charge in [0, 0.05) is 29.7 Å². The lowest BCUT2D eigenvalue weighted by molar-refractivity contribution is 0.316. The minimum Gasteiger partial charge on any atom is -0.299 e. The second-order valence-electron chi connectivity index (χ2n) is 5.25. The Labute approximate surface area is 123 Å². The number of benzene rings is 1. The van der Waals surface area contributed by atoms with Crippen molar-refractivity contribution in [2.45, 2.75) is 19.4 Å². The topological polar surface area (TPSA) is 16.1 Å². The summed E-state index contributed by atoms with van der Waals surface area (Å²) in [5.74, 6) is 0.771. The molecule has 1 aliphatic rings. The Hall–Kier alpha value is -0.900. The maximum Gasteiger partial charge on any atom is 0.0452 e. The Bertz CT molecular complexity index is 509. The lowest BCUT2D eigenvalue weighted by atomic mass is 9.99. The molecule has 1 atom stereocenters. The highest BCUT2D eigenvalue weighted by Gasteiger charge is 2.22. The van der Waals surface area contributed by atoms with Crippen molar-refractivity contribution in [2.75, 3.05) is 13.1 Å². The number of rotatable bonds is 4. The number of nitrogens with zero attached hydrogens (tertiary/aromatic N) is 2. The van der Waals surface area contributed by atoms with Crippen LogP contribution in [0.5, 0.6) is 0 Å². The minimum absolute atomic E-state index is 0.771. The first-order valence-corrected chi connectivity index (χ1v) is 7.86. The second kappa shape index (κ2) is 6.04. The number of halogens is 1. The van der Waals surface area contributed by atoms with Crippen molar-refractivity contribution in [3.63, 3.8) is 0 Å². The average Bonchev–Trinajstić information content (AvgIpc) is 3.05. The third-order valence-electron chi connectivity index (χ3n) is 3.70. The summed E-state index contributed by atoms with van der Waals surface area (Å²) >= 11 is 7.46. The van der Waals surface area contributed by atoms with Crippen LogP contribution in [0.1, 0.15) is 17.5 Å². The summed E-state index contributed by atoms with van der Waals surface area (Å²) in [6, 6.07) is 8.27. The summed E-state index contributed by atoms with van der Waals surface area (Å²) in [4.78, 5) is 2.53. The van der Waals surface area contributed by atoms with E-state index < -0.39 is 0 Å². The summed E-state index contributed by atoms with van der Waals surface area (Å²) in [6.45, 7) is 3.44. The molecule has 2 aromatic rings. The number of likely N-dealkylation sites (tertiary alicyclic amines) is 1. The molecule has 4 heteroatoms.